The molecule has 0 aliphatic carbocycles. The minimum absolute atomic E-state index is 0.190. The van der Waals surface area contributed by atoms with Crippen LogP contribution in [0.5, 0.6) is 11.5 Å². The summed E-state index contributed by atoms with van der Waals surface area (Å²) < 4.78 is 10.8. The molecule has 21 heavy (non-hydrogen) atoms. The Kier molecular flexibility index (Phi) is 5.15. The van der Waals surface area contributed by atoms with Gasteiger partial charge in [-0.2, -0.15) is 0 Å². The van der Waals surface area contributed by atoms with Crippen molar-refractivity contribution in [3.63, 3.8) is 0 Å². The minimum atomic E-state index is -0.613. The molecule has 5 heteroatoms. The number of pyridine rings is 1. The highest BCUT2D eigenvalue weighted by atomic mass is 16.5. The number of methoxy groups -OCH3 is 1. The lowest BCUT2D eigenvalue weighted by Gasteiger charge is -2.16. The Bertz CT molecular complexity index is 587. The number of hydrogen-bond donors (Lipinski definition) is 1. The van der Waals surface area contributed by atoms with Crippen LogP contribution in [0.4, 0.5) is 0 Å². The molecule has 2 aromatic rings. The second-order valence-electron chi connectivity index (χ2n) is 4.49. The Balaban J connectivity index is 1.90. The molecule has 0 aliphatic heterocycles. The number of rotatable bonds is 6. The van der Waals surface area contributed by atoms with Gasteiger partial charge in [-0.1, -0.05) is 18.2 Å². The SMILES string of the molecule is COc1ccccc1O[C@@H](C)C(=O)NCc1cccnc1. The topological polar surface area (TPSA) is 60.5 Å². The largest absolute Gasteiger partial charge is 0.493 e. The molecule has 0 saturated carbocycles. The Morgan fingerprint density at radius 2 is 2.00 bits per heavy atom. The summed E-state index contributed by atoms with van der Waals surface area (Å²) in [5, 5.41) is 2.81. The first kappa shape index (κ1) is 14.8. The van der Waals surface area contributed by atoms with E-state index >= 15 is 0 Å². The molecule has 1 heterocycles. The quantitative estimate of drug-likeness (QED) is 0.884. The number of carbonyl (C=O) groups is 1. The molecule has 0 saturated heterocycles. The molecule has 5 nitrogen and oxygen atoms in total. The van der Waals surface area contributed by atoms with Gasteiger partial charge in [0.2, 0.25) is 0 Å². The summed E-state index contributed by atoms with van der Waals surface area (Å²) in [6.45, 7) is 2.12. The van der Waals surface area contributed by atoms with Gasteiger partial charge >= 0.3 is 0 Å². The molecule has 0 radical (unpaired) electrons. The van der Waals surface area contributed by atoms with Crippen LogP contribution in [0.15, 0.2) is 48.8 Å². The minimum Gasteiger partial charge on any atom is -0.493 e. The number of nitrogens with zero attached hydrogens (tertiary/aromatic N) is 1. The number of amides is 1. The maximum absolute atomic E-state index is 12.0. The molecule has 0 unspecified atom stereocenters. The maximum Gasteiger partial charge on any atom is 0.261 e. The molecule has 0 spiro atoms. The summed E-state index contributed by atoms with van der Waals surface area (Å²) in [5.74, 6) is 0.957. The smallest absolute Gasteiger partial charge is 0.261 e. The molecule has 0 aliphatic rings. The van der Waals surface area contributed by atoms with Crippen LogP contribution >= 0.6 is 0 Å². The van der Waals surface area contributed by atoms with Gasteiger partial charge < -0.3 is 14.8 Å². The van der Waals surface area contributed by atoms with E-state index in [1.54, 1.807) is 38.6 Å². The summed E-state index contributed by atoms with van der Waals surface area (Å²) in [5.41, 5.74) is 0.940. The second-order valence-corrected chi connectivity index (χ2v) is 4.49. The fourth-order valence-corrected chi connectivity index (χ4v) is 1.80. The van der Waals surface area contributed by atoms with Crippen LogP contribution < -0.4 is 14.8 Å². The number of benzene rings is 1. The average molecular weight is 286 g/mol. The summed E-state index contributed by atoms with van der Waals surface area (Å²) in [7, 11) is 1.56. The molecule has 0 bridgehead atoms. The lowest BCUT2D eigenvalue weighted by Crippen LogP contribution is -2.36. The molecular weight excluding hydrogens is 268 g/mol. The van der Waals surface area contributed by atoms with Gasteiger partial charge in [0.1, 0.15) is 0 Å². The van der Waals surface area contributed by atoms with Crippen molar-refractivity contribution in [2.45, 2.75) is 19.6 Å². The summed E-state index contributed by atoms with van der Waals surface area (Å²) in [6.07, 6.45) is 2.79. The zero-order valence-corrected chi connectivity index (χ0v) is 12.1. The lowest BCUT2D eigenvalue weighted by molar-refractivity contribution is -0.127. The van der Waals surface area contributed by atoms with Crippen LogP contribution in [0.3, 0.4) is 0 Å². The highest BCUT2D eigenvalue weighted by Crippen LogP contribution is 2.26. The molecule has 1 N–H and O–H groups in total. The molecule has 110 valence electrons. The molecule has 1 atom stereocenters. The fraction of sp³-hybridized carbons (Fsp3) is 0.250. The number of hydrogen-bond acceptors (Lipinski definition) is 4. The lowest BCUT2D eigenvalue weighted by atomic mass is 10.2. The van der Waals surface area contributed by atoms with Crippen molar-refractivity contribution >= 4 is 5.91 Å². The van der Waals surface area contributed by atoms with E-state index in [2.05, 4.69) is 10.3 Å². The monoisotopic (exact) mass is 286 g/mol. The Hall–Kier alpha value is -2.56. The highest BCUT2D eigenvalue weighted by molar-refractivity contribution is 5.80. The Morgan fingerprint density at radius 1 is 1.24 bits per heavy atom. The zero-order chi connectivity index (χ0) is 15.1. The van der Waals surface area contributed by atoms with Crippen molar-refractivity contribution in [3.8, 4) is 11.5 Å². The summed E-state index contributed by atoms with van der Waals surface area (Å²) >= 11 is 0. The first-order valence-electron chi connectivity index (χ1n) is 6.67. The van der Waals surface area contributed by atoms with Gasteiger partial charge in [-0.3, -0.25) is 9.78 Å². The predicted octanol–water partition coefficient (Wildman–Crippen LogP) is 2.17. The van der Waals surface area contributed by atoms with Crippen LogP contribution in [-0.4, -0.2) is 24.1 Å². The van der Waals surface area contributed by atoms with Crippen LogP contribution in [0.25, 0.3) is 0 Å². The van der Waals surface area contributed by atoms with Gasteiger partial charge in [0, 0.05) is 18.9 Å². The first-order chi connectivity index (χ1) is 10.2. The standard InChI is InChI=1S/C16H18N2O3/c1-12(21-15-8-4-3-7-14(15)20-2)16(19)18-11-13-6-5-9-17-10-13/h3-10,12H,11H2,1-2H3,(H,18,19)/t12-/m0/s1. The van der Waals surface area contributed by atoms with Crippen molar-refractivity contribution in [1.82, 2.24) is 10.3 Å². The zero-order valence-electron chi connectivity index (χ0n) is 12.1. The molecule has 0 fully saturated rings. The van der Waals surface area contributed by atoms with Gasteiger partial charge in [-0.25, -0.2) is 0 Å². The molecule has 1 amide bonds. The number of para-hydroxylation sites is 2. The number of nitrogens with one attached hydrogen (secondary N) is 1. The van der Waals surface area contributed by atoms with E-state index in [0.717, 1.165) is 5.56 Å². The van der Waals surface area contributed by atoms with Crippen LogP contribution in [0.2, 0.25) is 0 Å². The summed E-state index contributed by atoms with van der Waals surface area (Å²) in [4.78, 5) is 16.0. The molecule has 1 aromatic heterocycles. The third-order valence-electron chi connectivity index (χ3n) is 2.93. The predicted molar refractivity (Wildman–Crippen MR) is 79.2 cm³/mol. The number of aromatic nitrogens is 1. The van der Waals surface area contributed by atoms with Crippen LogP contribution in [0, 0.1) is 0 Å². The van der Waals surface area contributed by atoms with Gasteiger partial charge in [-0.05, 0) is 30.7 Å². The van der Waals surface area contributed by atoms with Crippen molar-refractivity contribution in [3.05, 3.63) is 54.4 Å². The van der Waals surface area contributed by atoms with E-state index in [-0.39, 0.29) is 5.91 Å². The van der Waals surface area contributed by atoms with E-state index in [4.69, 9.17) is 9.47 Å². The maximum atomic E-state index is 12.0. The summed E-state index contributed by atoms with van der Waals surface area (Å²) in [6, 6.07) is 11.0. The Labute approximate surface area is 123 Å². The van der Waals surface area contributed by atoms with E-state index in [0.29, 0.717) is 18.0 Å². The average Bonchev–Trinajstić information content (AvgIpc) is 2.54. The second kappa shape index (κ2) is 7.28. The Morgan fingerprint density at radius 3 is 2.67 bits per heavy atom. The van der Waals surface area contributed by atoms with Crippen LogP contribution in [0.1, 0.15) is 12.5 Å². The third-order valence-corrected chi connectivity index (χ3v) is 2.93. The van der Waals surface area contributed by atoms with Crippen molar-refractivity contribution in [2.24, 2.45) is 0 Å². The van der Waals surface area contributed by atoms with Gasteiger partial charge in [0.15, 0.2) is 17.6 Å². The van der Waals surface area contributed by atoms with Gasteiger partial charge in [-0.15, -0.1) is 0 Å². The number of carbonyl (C=O) groups excluding carboxylic acids is 1. The van der Waals surface area contributed by atoms with Crippen molar-refractivity contribution in [1.29, 1.82) is 0 Å². The third kappa shape index (κ3) is 4.21. The number of ether oxygens (including phenoxy) is 2. The van der Waals surface area contributed by atoms with Crippen molar-refractivity contribution in [2.75, 3.05) is 7.11 Å². The van der Waals surface area contributed by atoms with Gasteiger partial charge in [0.05, 0.1) is 7.11 Å². The van der Waals surface area contributed by atoms with E-state index in [9.17, 15) is 4.79 Å². The van der Waals surface area contributed by atoms with E-state index in [1.165, 1.54) is 0 Å². The normalized spacial score (nSPS) is 11.5. The molecule has 2 rings (SSSR count). The molecular formula is C16H18N2O3. The van der Waals surface area contributed by atoms with Crippen molar-refractivity contribution < 1.29 is 14.3 Å². The van der Waals surface area contributed by atoms with E-state index in [1.807, 2.05) is 24.3 Å². The fourth-order valence-electron chi connectivity index (χ4n) is 1.80. The van der Waals surface area contributed by atoms with Crippen LogP contribution in [-0.2, 0) is 11.3 Å². The first-order valence-corrected chi connectivity index (χ1v) is 6.67. The van der Waals surface area contributed by atoms with E-state index < -0.39 is 6.10 Å². The molecule has 1 aromatic carbocycles. The highest BCUT2D eigenvalue weighted by Gasteiger charge is 2.16. The van der Waals surface area contributed by atoms with Gasteiger partial charge in [0.25, 0.3) is 5.91 Å².